The highest BCUT2D eigenvalue weighted by molar-refractivity contribution is 6.39. The van der Waals surface area contributed by atoms with Gasteiger partial charge in [-0.3, -0.25) is 28.9 Å². The first-order valence-electron chi connectivity index (χ1n) is 36.9. The van der Waals surface area contributed by atoms with Gasteiger partial charge in [-0.25, -0.2) is 29.5 Å². The molecule has 3 amide bonds. The molecule has 8 rings (SSSR count). The second-order valence-electron chi connectivity index (χ2n) is 28.9. The summed E-state index contributed by atoms with van der Waals surface area (Å²) < 4.78 is 41.7. The summed E-state index contributed by atoms with van der Waals surface area (Å²) in [5, 5.41) is 37.4. The molecule has 570 valence electrons. The number of ether oxygens (including phenoxy) is 7. The molecular formula is C75H113N11O17. The van der Waals surface area contributed by atoms with Crippen LogP contribution < -0.4 is 20.9 Å². The van der Waals surface area contributed by atoms with Crippen LogP contribution in [0.25, 0.3) is 0 Å². The van der Waals surface area contributed by atoms with Crippen molar-refractivity contribution >= 4 is 53.1 Å². The number of aliphatic hydroxyl groups is 3. The molecule has 4 saturated heterocycles. The van der Waals surface area contributed by atoms with Gasteiger partial charge in [-0.05, 0) is 114 Å². The molecule has 2 aromatic rings. The van der Waals surface area contributed by atoms with Crippen LogP contribution in [-0.2, 0) is 68.5 Å². The summed E-state index contributed by atoms with van der Waals surface area (Å²) in [6.07, 6.45) is 14.0. The molecular weight excluding hydrogens is 1330 g/mol. The monoisotopic (exact) mass is 1440 g/mol. The summed E-state index contributed by atoms with van der Waals surface area (Å²) >= 11 is 0. The SMILES string of the molecule is CO[C@H]1C[C@@H]2CC[C@@H](C)[C@@](O)(O2)C(=O)C(=O)N2CCCC[C@H]2C(=O)O[C@H]([C@H](N)C[C@@H]2CC[C@@H](OC(=O)NCc3cnc(N4CCN(C(=O)CCOCCOCCN5CCN(c6ncc(C)cn6)CC5)CC4)nc3)[C@H](OC)C2)CC(=O)[C@H](C)/C=C(\C)[C@@H](O)[C@@H](O)C(=O)[C@H](C)C[C@H](C)/C=C/C=CC=C1C. The number of methoxy groups -OCH3 is 2. The van der Waals surface area contributed by atoms with Crippen molar-refractivity contribution < 1.29 is 82.0 Å². The number of carbonyl (C=O) groups is 7. The number of alkyl carbamates (subject to hydrolysis) is 1. The molecule has 6 N–H and O–H groups in total. The summed E-state index contributed by atoms with van der Waals surface area (Å²) in [6.45, 7) is 20.6. The minimum atomic E-state index is -2.51. The fourth-order valence-corrected chi connectivity index (χ4v) is 14.5. The van der Waals surface area contributed by atoms with Gasteiger partial charge in [-0.15, -0.1) is 0 Å². The number of aromatic nitrogens is 4. The molecule has 0 spiro atoms. The second kappa shape index (κ2) is 39.9. The maximum absolute atomic E-state index is 14.7. The fraction of sp³-hybridized carbons (Fsp3) is 0.693. The van der Waals surface area contributed by atoms with E-state index < -0.39 is 120 Å². The number of aryl methyl sites for hydroxylation is 1. The van der Waals surface area contributed by atoms with Gasteiger partial charge < -0.3 is 79.1 Å². The third kappa shape index (κ3) is 23.5. The number of aliphatic hydroxyl groups excluding tert-OH is 2. The predicted octanol–water partition coefficient (Wildman–Crippen LogP) is 4.93. The lowest BCUT2D eigenvalue weighted by molar-refractivity contribution is -0.265. The Kier molecular flexibility index (Phi) is 31.7. The molecule has 28 nitrogen and oxygen atoms in total. The first kappa shape index (κ1) is 81.7. The number of nitrogens with one attached hydrogen (secondary N) is 1. The van der Waals surface area contributed by atoms with E-state index in [9.17, 15) is 48.9 Å². The van der Waals surface area contributed by atoms with E-state index in [-0.39, 0.29) is 62.1 Å². The average molecular weight is 1440 g/mol. The summed E-state index contributed by atoms with van der Waals surface area (Å²) in [5.74, 6) is -7.99. The number of piperazine rings is 2. The topological polar surface area (TPSA) is 351 Å². The Balaban J connectivity index is 0.817. The number of hydrogen-bond acceptors (Lipinski definition) is 25. The Hall–Kier alpha value is -6.99. The third-order valence-electron chi connectivity index (χ3n) is 21.1. The number of ketones is 3. The molecule has 2 bridgehead atoms. The number of carbonyl (C=O) groups excluding carboxylic acids is 7. The van der Waals surface area contributed by atoms with E-state index in [4.69, 9.17) is 38.9 Å². The van der Waals surface area contributed by atoms with Gasteiger partial charge in [-0.2, -0.15) is 0 Å². The van der Waals surface area contributed by atoms with Gasteiger partial charge in [0.05, 0.1) is 51.2 Å². The number of rotatable bonds is 19. The maximum atomic E-state index is 14.7. The van der Waals surface area contributed by atoms with Crippen LogP contribution in [-0.4, -0.2) is 258 Å². The van der Waals surface area contributed by atoms with Crippen LogP contribution in [0.4, 0.5) is 16.7 Å². The number of cyclic esters (lactones) is 1. The standard InChI is InChI=1S/C75H113N11O17/c1-48-15-11-10-12-16-50(3)62(97-8)41-57-20-18-54(7)75(96,103-57)69(92)70(93)86-23-14-13-17-59(86)71(94)101-63(42-60(87)51(4)38-53(6)67(90)68(91)66(89)52(5)37-48)58(76)39-55-19-21-61(64(40-55)98-9)102-74(95)81-47-56-45-79-73(80-46-56)85-30-28-83(29-31-85)65(88)22-33-99-35-36-100-34-32-82-24-26-84(27-25-82)72-77-43-49(2)44-78-72/h10-12,15-16,38,43-46,48,51-52,54-55,57-59,61-64,67-68,90-91,96H,13-14,17-37,39-42,47,76H2,1-9H3,(H,81,95)/b12-10?,15-11+,50-16?,53-38+/t48-,51-,52-,54-,55+,57+,58-,59+,61-,62+,63+,64-,67-,68+,75-/m1/s1. The van der Waals surface area contributed by atoms with Crippen molar-refractivity contribution in [2.75, 3.05) is 116 Å². The molecule has 6 aliphatic rings. The van der Waals surface area contributed by atoms with Crippen LogP contribution >= 0.6 is 0 Å². The van der Waals surface area contributed by atoms with Crippen molar-refractivity contribution in [2.45, 2.75) is 199 Å². The second-order valence-corrected chi connectivity index (χ2v) is 28.9. The maximum Gasteiger partial charge on any atom is 0.407 e. The van der Waals surface area contributed by atoms with Gasteiger partial charge in [-0.1, -0.05) is 64.2 Å². The number of nitrogens with zero attached hydrogens (tertiary/aromatic N) is 9. The van der Waals surface area contributed by atoms with Crippen molar-refractivity contribution in [2.24, 2.45) is 35.3 Å². The van der Waals surface area contributed by atoms with E-state index in [1.807, 2.05) is 73.3 Å². The number of piperidine rings is 1. The zero-order valence-electron chi connectivity index (χ0n) is 61.8. The highest BCUT2D eigenvalue weighted by atomic mass is 16.6. The van der Waals surface area contributed by atoms with Crippen LogP contribution in [0.5, 0.6) is 0 Å². The lowest BCUT2D eigenvalue weighted by Gasteiger charge is -2.42. The van der Waals surface area contributed by atoms with Gasteiger partial charge in [0.2, 0.25) is 23.6 Å². The van der Waals surface area contributed by atoms with Crippen molar-refractivity contribution in [3.05, 3.63) is 83.5 Å². The number of amides is 3. The highest BCUT2D eigenvalue weighted by Gasteiger charge is 2.53. The molecule has 28 heteroatoms. The number of nitrogens with two attached hydrogens (primary N) is 1. The van der Waals surface area contributed by atoms with Crippen molar-refractivity contribution in [1.82, 2.24) is 40.0 Å². The first-order valence-corrected chi connectivity index (χ1v) is 36.9. The molecule has 1 saturated carbocycles. The smallest absolute Gasteiger partial charge is 0.407 e. The average Bonchev–Trinajstić information content (AvgIpc) is 0.836. The normalized spacial score (nSPS) is 30.9. The molecule has 5 aliphatic heterocycles. The van der Waals surface area contributed by atoms with E-state index in [1.165, 1.54) is 20.1 Å². The van der Waals surface area contributed by atoms with Gasteiger partial charge in [0, 0.05) is 153 Å². The van der Waals surface area contributed by atoms with E-state index in [0.29, 0.717) is 115 Å². The van der Waals surface area contributed by atoms with Crippen LogP contribution in [0, 0.1) is 36.5 Å². The van der Waals surface area contributed by atoms with Crippen LogP contribution in [0.1, 0.15) is 136 Å². The fourth-order valence-electron chi connectivity index (χ4n) is 14.5. The van der Waals surface area contributed by atoms with E-state index in [0.717, 1.165) is 54.7 Å². The number of anilines is 2. The van der Waals surface area contributed by atoms with Crippen LogP contribution in [0.15, 0.2) is 72.4 Å². The number of esters is 1. The zero-order chi connectivity index (χ0) is 74.3. The summed E-state index contributed by atoms with van der Waals surface area (Å²) in [5.41, 5.74) is 9.72. The number of allylic oxidation sites excluding steroid dienone is 6. The van der Waals surface area contributed by atoms with Gasteiger partial charge in [0.15, 0.2) is 5.78 Å². The Labute approximate surface area is 606 Å². The van der Waals surface area contributed by atoms with Gasteiger partial charge >= 0.3 is 12.1 Å². The molecule has 103 heavy (non-hydrogen) atoms. The van der Waals surface area contributed by atoms with Gasteiger partial charge in [0.1, 0.15) is 36.2 Å². The first-order chi connectivity index (χ1) is 49.3. The molecule has 15 atom stereocenters. The molecule has 5 fully saturated rings. The quantitative estimate of drug-likeness (QED) is 0.0538. The molecule has 7 heterocycles. The summed E-state index contributed by atoms with van der Waals surface area (Å²) in [7, 11) is 3.07. The Morgan fingerprint density at radius 1 is 0.728 bits per heavy atom. The summed E-state index contributed by atoms with van der Waals surface area (Å²) in [4.78, 5) is 125. The summed E-state index contributed by atoms with van der Waals surface area (Å²) in [6, 6.07) is -2.25. The highest BCUT2D eigenvalue weighted by Crippen LogP contribution is 2.38. The number of hydrogen-bond donors (Lipinski definition) is 5. The van der Waals surface area contributed by atoms with Gasteiger partial charge in [0.25, 0.3) is 11.7 Å². The Bertz CT molecular complexity index is 3230. The Morgan fingerprint density at radius 2 is 1.40 bits per heavy atom. The zero-order valence-corrected chi connectivity index (χ0v) is 61.8. The molecule has 0 radical (unpaired) electrons. The van der Waals surface area contributed by atoms with Crippen LogP contribution in [0.3, 0.4) is 0 Å². The van der Waals surface area contributed by atoms with E-state index in [2.05, 4.69) is 35.1 Å². The Morgan fingerprint density at radius 3 is 2.08 bits per heavy atom. The van der Waals surface area contributed by atoms with Crippen LogP contribution in [0.2, 0.25) is 0 Å². The number of Topliss-reactive ketones (excluding diaryl/α,β-unsaturated/α-hetero) is 3. The third-order valence-corrected chi connectivity index (χ3v) is 21.1. The number of fused-ring (bicyclic) bond motifs is 3. The minimum absolute atomic E-state index is 0.0000283. The molecule has 1 aliphatic carbocycles. The predicted molar refractivity (Wildman–Crippen MR) is 383 cm³/mol. The largest absolute Gasteiger partial charge is 0.459 e. The minimum Gasteiger partial charge on any atom is -0.459 e. The van der Waals surface area contributed by atoms with Crippen molar-refractivity contribution in [1.29, 1.82) is 0 Å². The van der Waals surface area contributed by atoms with Crippen molar-refractivity contribution in [3.8, 4) is 0 Å². The lowest BCUT2D eigenvalue weighted by Crippen LogP contribution is -2.61. The van der Waals surface area contributed by atoms with E-state index >= 15 is 0 Å². The molecule has 2 aromatic heterocycles. The molecule has 0 aromatic carbocycles. The van der Waals surface area contributed by atoms with Crippen molar-refractivity contribution in [3.63, 3.8) is 0 Å². The van der Waals surface area contributed by atoms with E-state index in [1.54, 1.807) is 40.3 Å². The lowest BCUT2D eigenvalue weighted by atomic mass is 9.80. The molecule has 0 unspecified atom stereocenters.